The number of aliphatic hydroxyl groups is 1. The normalized spacial score (nSPS) is 10.0. The molecule has 1 aromatic carbocycles. The van der Waals surface area contributed by atoms with E-state index in [9.17, 15) is 9.90 Å². The molecule has 0 saturated heterocycles. The molecule has 0 amide bonds. The van der Waals surface area contributed by atoms with E-state index in [-0.39, 0.29) is 17.7 Å². The fourth-order valence-corrected chi connectivity index (χ4v) is 1.07. The van der Waals surface area contributed by atoms with E-state index < -0.39 is 12.6 Å². The largest absolute Gasteiger partial charge is 0.478 e. The van der Waals surface area contributed by atoms with Gasteiger partial charge in [-0.05, 0) is 17.2 Å². The molecular weight excluding hydrogens is 172 g/mol. The minimum atomic E-state index is -1.12. The number of benzene rings is 1. The van der Waals surface area contributed by atoms with Gasteiger partial charge in [0.05, 0.1) is 12.2 Å². The fraction of sp³-hybridized carbons (Fsp3) is 0.222. The van der Waals surface area contributed by atoms with Gasteiger partial charge in [-0.1, -0.05) is 12.1 Å². The SMILES string of the molecule is [O]Cc1cc(CO)ccc1C(=O)O. The van der Waals surface area contributed by atoms with Crippen molar-refractivity contribution in [3.05, 3.63) is 34.9 Å². The van der Waals surface area contributed by atoms with E-state index in [2.05, 4.69) is 0 Å². The number of carbonyl (C=O) groups is 1. The first-order valence-electron chi connectivity index (χ1n) is 3.73. The van der Waals surface area contributed by atoms with E-state index in [1.807, 2.05) is 0 Å². The van der Waals surface area contributed by atoms with Gasteiger partial charge in [0.25, 0.3) is 0 Å². The van der Waals surface area contributed by atoms with E-state index in [1.54, 1.807) is 0 Å². The lowest BCUT2D eigenvalue weighted by Crippen LogP contribution is -2.02. The molecule has 0 unspecified atom stereocenters. The molecule has 0 heterocycles. The number of aliphatic hydroxyl groups excluding tert-OH is 1. The molecular formula is C9H9O4. The first kappa shape index (κ1) is 9.70. The van der Waals surface area contributed by atoms with E-state index >= 15 is 0 Å². The molecule has 4 nitrogen and oxygen atoms in total. The van der Waals surface area contributed by atoms with Crippen molar-refractivity contribution in [2.45, 2.75) is 13.2 Å². The summed E-state index contributed by atoms with van der Waals surface area (Å²) in [6, 6.07) is 4.24. The van der Waals surface area contributed by atoms with Crippen molar-refractivity contribution in [1.82, 2.24) is 0 Å². The molecule has 13 heavy (non-hydrogen) atoms. The Labute approximate surface area is 75.1 Å². The molecule has 0 aliphatic rings. The third-order valence-electron chi connectivity index (χ3n) is 1.74. The Morgan fingerprint density at radius 1 is 1.38 bits per heavy atom. The van der Waals surface area contributed by atoms with Crippen LogP contribution in [0, 0.1) is 0 Å². The maximum absolute atomic E-state index is 10.6. The van der Waals surface area contributed by atoms with Crippen LogP contribution in [-0.2, 0) is 18.3 Å². The first-order valence-corrected chi connectivity index (χ1v) is 3.73. The first-order chi connectivity index (χ1) is 6.19. The number of hydrogen-bond donors (Lipinski definition) is 2. The van der Waals surface area contributed by atoms with Gasteiger partial charge in [0.15, 0.2) is 0 Å². The third-order valence-corrected chi connectivity index (χ3v) is 1.74. The van der Waals surface area contributed by atoms with Crippen LogP contribution in [0.25, 0.3) is 0 Å². The highest BCUT2D eigenvalue weighted by Gasteiger charge is 2.09. The summed E-state index contributed by atoms with van der Waals surface area (Å²) >= 11 is 0. The van der Waals surface area contributed by atoms with Crippen LogP contribution in [0.1, 0.15) is 21.5 Å². The zero-order valence-electron chi connectivity index (χ0n) is 6.86. The topological polar surface area (TPSA) is 77.4 Å². The lowest BCUT2D eigenvalue weighted by molar-refractivity contribution is 0.0690. The molecule has 0 aliphatic carbocycles. The molecule has 1 aromatic rings. The number of aromatic carboxylic acids is 1. The zero-order valence-corrected chi connectivity index (χ0v) is 6.86. The van der Waals surface area contributed by atoms with Gasteiger partial charge in [-0.3, -0.25) is 0 Å². The summed E-state index contributed by atoms with van der Waals surface area (Å²) in [7, 11) is 0. The van der Waals surface area contributed by atoms with Crippen molar-refractivity contribution < 1.29 is 20.1 Å². The Morgan fingerprint density at radius 2 is 2.08 bits per heavy atom. The Kier molecular flexibility index (Phi) is 3.00. The van der Waals surface area contributed by atoms with E-state index in [4.69, 9.17) is 10.2 Å². The second-order valence-corrected chi connectivity index (χ2v) is 2.60. The molecule has 69 valence electrons. The van der Waals surface area contributed by atoms with Gasteiger partial charge >= 0.3 is 5.97 Å². The highest BCUT2D eigenvalue weighted by Crippen LogP contribution is 2.12. The van der Waals surface area contributed by atoms with Crippen LogP contribution < -0.4 is 0 Å². The zero-order chi connectivity index (χ0) is 9.84. The Balaban J connectivity index is 3.15. The minimum absolute atomic E-state index is 0.00667. The maximum Gasteiger partial charge on any atom is 0.336 e. The Morgan fingerprint density at radius 3 is 2.54 bits per heavy atom. The lowest BCUT2D eigenvalue weighted by Gasteiger charge is -2.03. The van der Waals surface area contributed by atoms with Crippen molar-refractivity contribution in [3.8, 4) is 0 Å². The summed E-state index contributed by atoms with van der Waals surface area (Å²) < 4.78 is 0. The standard InChI is InChI=1S/C9H9O4/c10-4-6-1-2-8(9(12)13)7(3-6)5-11/h1-3,10H,4-5H2,(H,12,13). The van der Waals surface area contributed by atoms with E-state index in [0.717, 1.165) is 0 Å². The molecule has 0 saturated carbocycles. The summed E-state index contributed by atoms with van der Waals surface area (Å²) in [5.41, 5.74) is 0.766. The summed E-state index contributed by atoms with van der Waals surface area (Å²) in [6.45, 7) is -0.775. The van der Waals surface area contributed by atoms with Crippen molar-refractivity contribution in [2.24, 2.45) is 0 Å². The average Bonchev–Trinajstić information content (AvgIpc) is 2.16. The fourth-order valence-electron chi connectivity index (χ4n) is 1.07. The predicted molar refractivity (Wildman–Crippen MR) is 43.7 cm³/mol. The van der Waals surface area contributed by atoms with Gasteiger partial charge in [0, 0.05) is 0 Å². The van der Waals surface area contributed by atoms with Crippen LogP contribution in [-0.4, -0.2) is 16.2 Å². The van der Waals surface area contributed by atoms with Gasteiger partial charge in [0.2, 0.25) is 0 Å². The number of hydrogen-bond acceptors (Lipinski definition) is 2. The molecule has 4 heteroatoms. The molecule has 0 aromatic heterocycles. The monoisotopic (exact) mass is 181 g/mol. The van der Waals surface area contributed by atoms with Gasteiger partial charge in [0.1, 0.15) is 6.61 Å². The van der Waals surface area contributed by atoms with Crippen LogP contribution >= 0.6 is 0 Å². The van der Waals surface area contributed by atoms with Crippen LogP contribution in [0.5, 0.6) is 0 Å². The average molecular weight is 181 g/mol. The predicted octanol–water partition coefficient (Wildman–Crippen LogP) is 0.808. The molecule has 0 fully saturated rings. The maximum atomic E-state index is 10.6. The second-order valence-electron chi connectivity index (χ2n) is 2.60. The molecule has 0 spiro atoms. The van der Waals surface area contributed by atoms with Gasteiger partial charge in [-0.25, -0.2) is 9.90 Å². The highest BCUT2D eigenvalue weighted by molar-refractivity contribution is 5.89. The van der Waals surface area contributed by atoms with E-state index in [0.29, 0.717) is 5.56 Å². The van der Waals surface area contributed by atoms with Gasteiger partial charge < -0.3 is 10.2 Å². The molecule has 1 rings (SSSR count). The summed E-state index contributed by atoms with van der Waals surface area (Å²) in [6.07, 6.45) is 0. The van der Waals surface area contributed by atoms with Gasteiger partial charge in [-0.15, -0.1) is 0 Å². The number of rotatable bonds is 3. The molecule has 2 N–H and O–H groups in total. The Hall–Kier alpha value is -1.39. The minimum Gasteiger partial charge on any atom is -0.478 e. The highest BCUT2D eigenvalue weighted by atomic mass is 16.4. The molecule has 0 aliphatic heterocycles. The van der Waals surface area contributed by atoms with Gasteiger partial charge in [-0.2, -0.15) is 0 Å². The second kappa shape index (κ2) is 4.02. The van der Waals surface area contributed by atoms with Crippen molar-refractivity contribution >= 4 is 5.97 Å². The molecule has 0 bridgehead atoms. The van der Waals surface area contributed by atoms with Crippen LogP contribution in [0.3, 0.4) is 0 Å². The number of carboxylic acids is 1. The lowest BCUT2D eigenvalue weighted by atomic mass is 10.1. The van der Waals surface area contributed by atoms with Crippen LogP contribution in [0.2, 0.25) is 0 Å². The summed E-state index contributed by atoms with van der Waals surface area (Å²) in [5, 5.41) is 28.0. The van der Waals surface area contributed by atoms with Crippen molar-refractivity contribution in [3.63, 3.8) is 0 Å². The van der Waals surface area contributed by atoms with Crippen LogP contribution in [0.4, 0.5) is 0 Å². The quantitative estimate of drug-likeness (QED) is 0.724. The summed E-state index contributed by atoms with van der Waals surface area (Å²) in [4.78, 5) is 10.6. The summed E-state index contributed by atoms with van der Waals surface area (Å²) in [5.74, 6) is -1.12. The molecule has 0 atom stereocenters. The molecule has 1 radical (unpaired) electrons. The third kappa shape index (κ3) is 2.05. The Bertz CT molecular complexity index is 319. The number of carboxylic acid groups (broad SMARTS) is 1. The van der Waals surface area contributed by atoms with Crippen molar-refractivity contribution in [1.29, 1.82) is 0 Å². The van der Waals surface area contributed by atoms with E-state index in [1.165, 1.54) is 18.2 Å². The van der Waals surface area contributed by atoms with Crippen LogP contribution in [0.15, 0.2) is 18.2 Å². The van der Waals surface area contributed by atoms with Crippen molar-refractivity contribution in [2.75, 3.05) is 0 Å². The smallest absolute Gasteiger partial charge is 0.336 e.